The molecular formula is C21H34N2O4. The largest absolute Gasteiger partial charge is 0.488 e. The molecule has 0 spiro atoms. The minimum Gasteiger partial charge on any atom is -0.488 e. The van der Waals surface area contributed by atoms with Crippen molar-refractivity contribution in [2.45, 2.75) is 77.4 Å². The summed E-state index contributed by atoms with van der Waals surface area (Å²) >= 11 is 0. The zero-order valence-corrected chi connectivity index (χ0v) is 17.0. The fourth-order valence-electron chi connectivity index (χ4n) is 3.90. The SMILES string of the molecule is CCCC(CC(=O)OC)C(C)(O)c1nccc(OC2CCC(C)CC2)c1N. The van der Waals surface area contributed by atoms with E-state index in [4.69, 9.17) is 15.2 Å². The van der Waals surface area contributed by atoms with Crippen molar-refractivity contribution in [1.29, 1.82) is 0 Å². The summed E-state index contributed by atoms with van der Waals surface area (Å²) in [6.07, 6.45) is 7.68. The summed E-state index contributed by atoms with van der Waals surface area (Å²) in [6.45, 7) is 5.95. The Hall–Kier alpha value is -1.82. The van der Waals surface area contributed by atoms with Gasteiger partial charge in [-0.3, -0.25) is 9.78 Å². The molecule has 1 saturated carbocycles. The summed E-state index contributed by atoms with van der Waals surface area (Å²) in [6, 6.07) is 1.75. The van der Waals surface area contributed by atoms with Crippen molar-refractivity contribution in [3.63, 3.8) is 0 Å². The number of nitrogens with zero attached hydrogens (tertiary/aromatic N) is 1. The summed E-state index contributed by atoms with van der Waals surface area (Å²) < 4.78 is 10.9. The lowest BCUT2D eigenvalue weighted by atomic mass is 9.80. The number of esters is 1. The van der Waals surface area contributed by atoms with Gasteiger partial charge >= 0.3 is 5.97 Å². The molecule has 3 N–H and O–H groups in total. The molecule has 1 aliphatic rings. The number of methoxy groups -OCH3 is 1. The van der Waals surface area contributed by atoms with Gasteiger partial charge in [0, 0.05) is 18.2 Å². The monoisotopic (exact) mass is 378 g/mol. The van der Waals surface area contributed by atoms with E-state index in [1.807, 2.05) is 6.92 Å². The van der Waals surface area contributed by atoms with Crippen molar-refractivity contribution in [2.24, 2.45) is 11.8 Å². The third kappa shape index (κ3) is 5.34. The first-order valence-corrected chi connectivity index (χ1v) is 10.00. The van der Waals surface area contributed by atoms with Gasteiger partial charge in [0.15, 0.2) is 0 Å². The number of pyridine rings is 1. The molecule has 1 aromatic heterocycles. The summed E-state index contributed by atoms with van der Waals surface area (Å²) in [4.78, 5) is 16.2. The molecule has 2 rings (SSSR count). The third-order valence-corrected chi connectivity index (χ3v) is 5.76. The number of rotatable bonds is 8. The van der Waals surface area contributed by atoms with Crippen molar-refractivity contribution in [3.05, 3.63) is 18.0 Å². The Balaban J connectivity index is 2.23. The number of ether oxygens (including phenoxy) is 2. The molecule has 0 aliphatic heterocycles. The van der Waals surface area contributed by atoms with Gasteiger partial charge in [0.25, 0.3) is 0 Å². The number of aromatic nitrogens is 1. The molecule has 0 radical (unpaired) electrons. The molecule has 6 heteroatoms. The Morgan fingerprint density at radius 2 is 2.07 bits per heavy atom. The van der Waals surface area contributed by atoms with Crippen molar-refractivity contribution in [1.82, 2.24) is 4.98 Å². The van der Waals surface area contributed by atoms with Gasteiger partial charge in [-0.1, -0.05) is 20.3 Å². The lowest BCUT2D eigenvalue weighted by Crippen LogP contribution is -2.35. The van der Waals surface area contributed by atoms with E-state index in [1.54, 1.807) is 19.2 Å². The van der Waals surface area contributed by atoms with Gasteiger partial charge in [0.1, 0.15) is 11.4 Å². The van der Waals surface area contributed by atoms with E-state index in [2.05, 4.69) is 11.9 Å². The summed E-state index contributed by atoms with van der Waals surface area (Å²) in [5, 5.41) is 11.3. The van der Waals surface area contributed by atoms with E-state index in [0.717, 1.165) is 38.0 Å². The number of anilines is 1. The number of nitrogens with two attached hydrogens (primary N) is 1. The van der Waals surface area contributed by atoms with Crippen molar-refractivity contribution in [2.75, 3.05) is 12.8 Å². The number of hydrogen-bond acceptors (Lipinski definition) is 6. The lowest BCUT2D eigenvalue weighted by Gasteiger charge is -2.33. The average Bonchev–Trinajstić information content (AvgIpc) is 2.64. The first kappa shape index (κ1) is 21.5. The van der Waals surface area contributed by atoms with Crippen LogP contribution in [0.5, 0.6) is 5.75 Å². The van der Waals surface area contributed by atoms with Crippen LogP contribution in [0.2, 0.25) is 0 Å². The Kier molecular flexibility index (Phi) is 7.48. The lowest BCUT2D eigenvalue weighted by molar-refractivity contribution is -0.145. The van der Waals surface area contributed by atoms with Crippen molar-refractivity contribution in [3.8, 4) is 5.75 Å². The average molecular weight is 379 g/mol. The summed E-state index contributed by atoms with van der Waals surface area (Å²) in [5.74, 6) is 0.615. The molecule has 1 aromatic rings. The molecule has 0 aromatic carbocycles. The fraction of sp³-hybridized carbons (Fsp3) is 0.714. The predicted octanol–water partition coefficient (Wildman–Crippen LogP) is 3.81. The Bertz CT molecular complexity index is 625. The van der Waals surface area contributed by atoms with Gasteiger partial charge in [-0.15, -0.1) is 0 Å². The highest BCUT2D eigenvalue weighted by molar-refractivity contribution is 5.70. The first-order valence-electron chi connectivity index (χ1n) is 10.00. The van der Waals surface area contributed by atoms with Crippen LogP contribution in [0.1, 0.15) is 71.4 Å². The Morgan fingerprint density at radius 1 is 1.41 bits per heavy atom. The highest BCUT2D eigenvalue weighted by Gasteiger charge is 2.38. The third-order valence-electron chi connectivity index (χ3n) is 5.76. The molecule has 0 bridgehead atoms. The fourth-order valence-corrected chi connectivity index (χ4v) is 3.90. The molecule has 1 aliphatic carbocycles. The molecule has 2 unspecified atom stereocenters. The van der Waals surface area contributed by atoms with Gasteiger partial charge < -0.3 is 20.3 Å². The van der Waals surface area contributed by atoms with Crippen LogP contribution in [-0.2, 0) is 15.1 Å². The van der Waals surface area contributed by atoms with Gasteiger partial charge in [-0.25, -0.2) is 0 Å². The summed E-state index contributed by atoms with van der Waals surface area (Å²) in [5.41, 5.74) is 5.72. The van der Waals surface area contributed by atoms with Crippen LogP contribution in [0.25, 0.3) is 0 Å². The van der Waals surface area contributed by atoms with E-state index in [1.165, 1.54) is 7.11 Å². The van der Waals surface area contributed by atoms with Gasteiger partial charge in [-0.2, -0.15) is 0 Å². The van der Waals surface area contributed by atoms with Crippen LogP contribution >= 0.6 is 0 Å². The number of aliphatic hydroxyl groups is 1. The molecule has 2 atom stereocenters. The first-order chi connectivity index (χ1) is 12.8. The number of carbonyl (C=O) groups excluding carboxylic acids is 1. The van der Waals surface area contributed by atoms with Gasteiger partial charge in [0.2, 0.25) is 0 Å². The second-order valence-electron chi connectivity index (χ2n) is 7.98. The minimum absolute atomic E-state index is 0.115. The smallest absolute Gasteiger partial charge is 0.305 e. The topological polar surface area (TPSA) is 94.7 Å². The van der Waals surface area contributed by atoms with Crippen LogP contribution in [0.3, 0.4) is 0 Å². The van der Waals surface area contributed by atoms with Crippen LogP contribution in [-0.4, -0.2) is 29.3 Å². The maximum atomic E-state index is 11.8. The van der Waals surface area contributed by atoms with E-state index in [9.17, 15) is 9.90 Å². The van der Waals surface area contributed by atoms with Crippen molar-refractivity contribution < 1.29 is 19.4 Å². The van der Waals surface area contributed by atoms with E-state index in [0.29, 0.717) is 23.6 Å². The Morgan fingerprint density at radius 3 is 2.67 bits per heavy atom. The second-order valence-corrected chi connectivity index (χ2v) is 7.98. The zero-order chi connectivity index (χ0) is 20.0. The molecule has 6 nitrogen and oxygen atoms in total. The quantitative estimate of drug-likeness (QED) is 0.668. The summed E-state index contributed by atoms with van der Waals surface area (Å²) in [7, 11) is 1.35. The number of nitrogen functional groups attached to an aromatic ring is 1. The standard InChI is InChI=1S/C21H34N2O4/c1-5-6-15(13-18(24)26-4)21(3,25)20-19(22)17(11-12-23-20)27-16-9-7-14(2)8-10-16/h11-12,14-16,25H,5-10,13,22H2,1-4H3. The highest BCUT2D eigenvalue weighted by atomic mass is 16.5. The molecule has 1 fully saturated rings. The van der Waals surface area contributed by atoms with E-state index < -0.39 is 5.60 Å². The van der Waals surface area contributed by atoms with Crippen LogP contribution < -0.4 is 10.5 Å². The molecule has 0 amide bonds. The van der Waals surface area contributed by atoms with Crippen LogP contribution in [0.15, 0.2) is 12.3 Å². The number of carbonyl (C=O) groups is 1. The molecule has 27 heavy (non-hydrogen) atoms. The molecular weight excluding hydrogens is 344 g/mol. The second kappa shape index (κ2) is 9.40. The normalized spacial score (nSPS) is 23.3. The van der Waals surface area contributed by atoms with E-state index >= 15 is 0 Å². The zero-order valence-electron chi connectivity index (χ0n) is 17.0. The highest BCUT2D eigenvalue weighted by Crippen LogP contribution is 2.40. The van der Waals surface area contributed by atoms with Crippen molar-refractivity contribution >= 4 is 11.7 Å². The number of hydrogen-bond donors (Lipinski definition) is 2. The minimum atomic E-state index is -1.35. The maximum absolute atomic E-state index is 11.8. The molecule has 152 valence electrons. The Labute approximate surface area is 162 Å². The molecule has 0 saturated heterocycles. The molecule has 1 heterocycles. The van der Waals surface area contributed by atoms with Crippen LogP contribution in [0.4, 0.5) is 5.69 Å². The van der Waals surface area contributed by atoms with E-state index in [-0.39, 0.29) is 24.4 Å². The van der Waals surface area contributed by atoms with Gasteiger partial charge in [-0.05, 0) is 44.9 Å². The van der Waals surface area contributed by atoms with Gasteiger partial charge in [0.05, 0.1) is 31.0 Å². The predicted molar refractivity (Wildman–Crippen MR) is 105 cm³/mol. The van der Waals surface area contributed by atoms with Crippen LogP contribution in [0, 0.1) is 11.8 Å². The maximum Gasteiger partial charge on any atom is 0.305 e.